The van der Waals surface area contributed by atoms with Crippen molar-refractivity contribution in [2.75, 3.05) is 0 Å². The van der Waals surface area contributed by atoms with Crippen LogP contribution < -0.4 is 0 Å². The van der Waals surface area contributed by atoms with Gasteiger partial charge in [0, 0.05) is 24.7 Å². The van der Waals surface area contributed by atoms with Crippen LogP contribution in [0.1, 0.15) is 30.3 Å². The predicted octanol–water partition coefficient (Wildman–Crippen LogP) is 2.77. The van der Waals surface area contributed by atoms with Gasteiger partial charge in [0.1, 0.15) is 11.5 Å². The van der Waals surface area contributed by atoms with Crippen molar-refractivity contribution in [3.8, 4) is 11.4 Å². The third-order valence-corrected chi connectivity index (χ3v) is 3.05. The second-order valence-electron chi connectivity index (χ2n) is 4.62. The lowest BCUT2D eigenvalue weighted by atomic mass is 10.2. The van der Waals surface area contributed by atoms with Crippen molar-refractivity contribution in [3.05, 3.63) is 29.8 Å². The number of aromatic nitrogens is 4. The molecule has 4 nitrogen and oxygen atoms in total. The van der Waals surface area contributed by atoms with Gasteiger partial charge in [0.25, 0.3) is 0 Å². The number of aryl methyl sites for hydroxylation is 1. The van der Waals surface area contributed by atoms with Gasteiger partial charge in [0.2, 0.25) is 0 Å². The van der Waals surface area contributed by atoms with E-state index < -0.39 is 11.9 Å². The standard InChI is InChI=1S/C12H11F3N4/c1-19-11(7-2-3-7)17-10(18-19)8-4-5-9(16-6-8)12(13,14)15/h4-7H,2-3H2,1H3. The van der Waals surface area contributed by atoms with Gasteiger partial charge in [0.05, 0.1) is 0 Å². The first-order valence-electron chi connectivity index (χ1n) is 5.89. The number of pyridine rings is 1. The topological polar surface area (TPSA) is 43.6 Å². The molecule has 1 aliphatic carbocycles. The Bertz CT molecular complexity index is 596. The Kier molecular flexibility index (Phi) is 2.58. The fourth-order valence-corrected chi connectivity index (χ4v) is 1.91. The molecule has 0 N–H and O–H groups in total. The van der Waals surface area contributed by atoms with Gasteiger partial charge in [-0.05, 0) is 25.0 Å². The second-order valence-corrected chi connectivity index (χ2v) is 4.62. The molecule has 2 aromatic rings. The first kappa shape index (κ1) is 12.1. The molecule has 1 aliphatic rings. The molecule has 0 radical (unpaired) electrons. The minimum Gasteiger partial charge on any atom is -0.252 e. The molecular weight excluding hydrogens is 257 g/mol. The largest absolute Gasteiger partial charge is 0.433 e. The van der Waals surface area contributed by atoms with Gasteiger partial charge >= 0.3 is 6.18 Å². The zero-order valence-corrected chi connectivity index (χ0v) is 10.1. The summed E-state index contributed by atoms with van der Waals surface area (Å²) in [6, 6.07) is 2.30. The van der Waals surface area contributed by atoms with Crippen LogP contribution in [0.3, 0.4) is 0 Å². The summed E-state index contributed by atoms with van der Waals surface area (Å²) in [5.41, 5.74) is -0.412. The van der Waals surface area contributed by atoms with Gasteiger partial charge in [0.15, 0.2) is 5.82 Å². The fourth-order valence-electron chi connectivity index (χ4n) is 1.91. The van der Waals surface area contributed by atoms with Gasteiger partial charge in [-0.2, -0.15) is 18.3 Å². The molecular formula is C12H11F3N4. The van der Waals surface area contributed by atoms with Gasteiger partial charge < -0.3 is 0 Å². The summed E-state index contributed by atoms with van der Waals surface area (Å²) in [5.74, 6) is 1.74. The number of alkyl halides is 3. The summed E-state index contributed by atoms with van der Waals surface area (Å²) in [6.07, 6.45) is -1.07. The maximum absolute atomic E-state index is 12.4. The van der Waals surface area contributed by atoms with E-state index in [4.69, 9.17) is 0 Å². The molecule has 1 saturated carbocycles. The summed E-state index contributed by atoms with van der Waals surface area (Å²) in [5, 5.41) is 4.22. The molecule has 0 saturated heterocycles. The molecule has 100 valence electrons. The minimum absolute atomic E-state index is 0.422. The quantitative estimate of drug-likeness (QED) is 0.841. The van der Waals surface area contributed by atoms with Crippen LogP contribution in [0, 0.1) is 0 Å². The van der Waals surface area contributed by atoms with Crippen LogP contribution in [0.2, 0.25) is 0 Å². The summed E-state index contributed by atoms with van der Waals surface area (Å²) < 4.78 is 38.9. The third-order valence-electron chi connectivity index (χ3n) is 3.05. The van der Waals surface area contributed by atoms with Crippen molar-refractivity contribution in [1.82, 2.24) is 19.7 Å². The van der Waals surface area contributed by atoms with Crippen LogP contribution in [-0.4, -0.2) is 19.7 Å². The molecule has 0 spiro atoms. The highest BCUT2D eigenvalue weighted by molar-refractivity contribution is 5.53. The minimum atomic E-state index is -4.42. The van der Waals surface area contributed by atoms with Crippen molar-refractivity contribution in [3.63, 3.8) is 0 Å². The van der Waals surface area contributed by atoms with Crippen molar-refractivity contribution in [1.29, 1.82) is 0 Å². The monoisotopic (exact) mass is 268 g/mol. The first-order valence-corrected chi connectivity index (χ1v) is 5.89. The molecule has 0 aliphatic heterocycles. The van der Waals surface area contributed by atoms with Crippen molar-refractivity contribution in [2.24, 2.45) is 7.05 Å². The molecule has 0 bridgehead atoms. The first-order chi connectivity index (χ1) is 8.95. The Morgan fingerprint density at radius 3 is 2.53 bits per heavy atom. The maximum atomic E-state index is 12.4. The molecule has 0 aromatic carbocycles. The summed E-state index contributed by atoms with van der Waals surface area (Å²) in [6.45, 7) is 0. The van der Waals surface area contributed by atoms with E-state index in [1.54, 1.807) is 11.7 Å². The van der Waals surface area contributed by atoms with Crippen LogP contribution in [0.5, 0.6) is 0 Å². The zero-order chi connectivity index (χ0) is 13.6. The number of halogens is 3. The Hall–Kier alpha value is -1.92. The molecule has 1 fully saturated rings. The number of hydrogen-bond donors (Lipinski definition) is 0. The van der Waals surface area contributed by atoms with Crippen LogP contribution in [0.4, 0.5) is 13.2 Å². The van der Waals surface area contributed by atoms with E-state index in [1.807, 2.05) is 0 Å². The smallest absolute Gasteiger partial charge is 0.252 e. The summed E-state index contributed by atoms with van der Waals surface area (Å²) >= 11 is 0. The number of nitrogens with zero attached hydrogens (tertiary/aromatic N) is 4. The lowest BCUT2D eigenvalue weighted by molar-refractivity contribution is -0.141. The average Bonchev–Trinajstić information content (AvgIpc) is 3.12. The van der Waals surface area contributed by atoms with Crippen molar-refractivity contribution < 1.29 is 13.2 Å². The normalized spacial score (nSPS) is 15.8. The van der Waals surface area contributed by atoms with Gasteiger partial charge in [-0.25, -0.2) is 4.98 Å². The van der Waals surface area contributed by atoms with E-state index >= 15 is 0 Å². The number of hydrogen-bond acceptors (Lipinski definition) is 3. The molecule has 19 heavy (non-hydrogen) atoms. The van der Waals surface area contributed by atoms with Crippen LogP contribution >= 0.6 is 0 Å². The lowest BCUT2D eigenvalue weighted by Crippen LogP contribution is -2.07. The molecule has 0 atom stereocenters. The summed E-state index contributed by atoms with van der Waals surface area (Å²) in [7, 11) is 1.79. The SMILES string of the molecule is Cn1nc(-c2ccc(C(F)(F)F)nc2)nc1C1CC1. The Labute approximate surface area is 107 Å². The fraction of sp³-hybridized carbons (Fsp3) is 0.417. The predicted molar refractivity (Wildman–Crippen MR) is 61.2 cm³/mol. The van der Waals surface area contributed by atoms with Crippen molar-refractivity contribution in [2.45, 2.75) is 24.9 Å². The zero-order valence-electron chi connectivity index (χ0n) is 10.1. The molecule has 7 heteroatoms. The highest BCUT2D eigenvalue weighted by Gasteiger charge is 2.32. The second kappa shape index (κ2) is 4.04. The van der Waals surface area contributed by atoms with Crippen LogP contribution in [-0.2, 0) is 13.2 Å². The molecule has 2 aromatic heterocycles. The average molecular weight is 268 g/mol. The summed E-state index contributed by atoms with van der Waals surface area (Å²) in [4.78, 5) is 7.78. The van der Waals surface area contributed by atoms with Gasteiger partial charge in [-0.15, -0.1) is 0 Å². The third kappa shape index (κ3) is 2.32. The Morgan fingerprint density at radius 1 is 1.26 bits per heavy atom. The maximum Gasteiger partial charge on any atom is 0.433 e. The van der Waals surface area contributed by atoms with E-state index in [-0.39, 0.29) is 0 Å². The molecule has 0 amide bonds. The van der Waals surface area contributed by atoms with Crippen molar-refractivity contribution >= 4 is 0 Å². The Balaban J connectivity index is 1.91. The van der Waals surface area contributed by atoms with Gasteiger partial charge in [-0.1, -0.05) is 0 Å². The van der Waals surface area contributed by atoms with E-state index in [0.717, 1.165) is 30.9 Å². The van der Waals surface area contributed by atoms with E-state index in [0.29, 0.717) is 17.3 Å². The van der Waals surface area contributed by atoms with E-state index in [1.165, 1.54) is 6.07 Å². The van der Waals surface area contributed by atoms with E-state index in [2.05, 4.69) is 15.1 Å². The highest BCUT2D eigenvalue weighted by atomic mass is 19.4. The van der Waals surface area contributed by atoms with E-state index in [9.17, 15) is 13.2 Å². The Morgan fingerprint density at radius 2 is 2.00 bits per heavy atom. The molecule has 3 rings (SSSR count). The van der Waals surface area contributed by atoms with Crippen LogP contribution in [0.15, 0.2) is 18.3 Å². The van der Waals surface area contributed by atoms with Gasteiger partial charge in [-0.3, -0.25) is 9.67 Å². The molecule has 2 heterocycles. The number of rotatable bonds is 2. The highest BCUT2D eigenvalue weighted by Crippen LogP contribution is 2.39. The molecule has 0 unspecified atom stereocenters. The lowest BCUT2D eigenvalue weighted by Gasteiger charge is -2.04. The van der Waals surface area contributed by atoms with Crippen LogP contribution in [0.25, 0.3) is 11.4 Å².